The van der Waals surface area contributed by atoms with Gasteiger partial charge in [0.1, 0.15) is 0 Å². The van der Waals surface area contributed by atoms with Gasteiger partial charge in [0.05, 0.1) is 12.1 Å². The van der Waals surface area contributed by atoms with Gasteiger partial charge in [-0.2, -0.15) is 17.5 Å². The molecule has 160 valence electrons. The first-order valence-corrected chi connectivity index (χ1v) is 10.3. The van der Waals surface area contributed by atoms with Crippen molar-refractivity contribution in [3.05, 3.63) is 0 Å². The van der Waals surface area contributed by atoms with Crippen LogP contribution in [-0.4, -0.2) is 67.6 Å². The van der Waals surface area contributed by atoms with Crippen molar-refractivity contribution in [1.82, 2.24) is 14.9 Å². The van der Waals surface area contributed by atoms with Crippen molar-refractivity contribution in [1.29, 1.82) is 0 Å². The lowest BCUT2D eigenvalue weighted by atomic mass is 9.80. The van der Waals surface area contributed by atoms with Crippen LogP contribution >= 0.6 is 24.0 Å². The summed E-state index contributed by atoms with van der Waals surface area (Å²) in [6, 6.07) is 0. The molecule has 1 heterocycles. The molecule has 0 aromatic carbocycles. The maximum Gasteiger partial charge on any atom is 0.511 e. The first-order valence-electron chi connectivity index (χ1n) is 8.88. The Balaban J connectivity index is 0.00000364. The summed E-state index contributed by atoms with van der Waals surface area (Å²) in [7, 11) is -5.24. The average Bonchev–Trinajstić information content (AvgIpc) is 2.55. The predicted molar refractivity (Wildman–Crippen MR) is 107 cm³/mol. The molecule has 0 atom stereocenters. The number of aliphatic imine (C=N–C) groups is 1. The van der Waals surface area contributed by atoms with Crippen molar-refractivity contribution in [3.8, 4) is 0 Å². The minimum atomic E-state index is -5.25. The SMILES string of the molecule is CCNC(=NCC1(O)CCC1)NCC1CCN(S(=O)(=O)C(F)(F)F)CC1.I. The summed E-state index contributed by atoms with van der Waals surface area (Å²) in [5.74, 6) is 0.614. The molecule has 0 aromatic rings. The van der Waals surface area contributed by atoms with Crippen molar-refractivity contribution in [3.63, 3.8) is 0 Å². The molecule has 2 rings (SSSR count). The lowest BCUT2D eigenvalue weighted by Crippen LogP contribution is -2.47. The van der Waals surface area contributed by atoms with Crippen LogP contribution < -0.4 is 10.6 Å². The Labute approximate surface area is 175 Å². The van der Waals surface area contributed by atoms with E-state index in [-0.39, 0.29) is 43.0 Å². The van der Waals surface area contributed by atoms with Gasteiger partial charge in [-0.3, -0.25) is 4.99 Å². The Kier molecular flexibility index (Phi) is 9.07. The minimum Gasteiger partial charge on any atom is -0.388 e. The number of halogens is 4. The van der Waals surface area contributed by atoms with Gasteiger partial charge in [0, 0.05) is 26.2 Å². The number of hydrogen-bond acceptors (Lipinski definition) is 4. The highest BCUT2D eigenvalue weighted by Gasteiger charge is 2.50. The molecule has 0 radical (unpaired) electrons. The quantitative estimate of drug-likeness (QED) is 0.277. The molecule has 1 saturated carbocycles. The second-order valence-corrected chi connectivity index (χ2v) is 8.88. The molecule has 1 aliphatic heterocycles. The number of nitrogens with one attached hydrogen (secondary N) is 2. The fourth-order valence-corrected chi connectivity index (χ4v) is 4.04. The van der Waals surface area contributed by atoms with Crippen LogP contribution in [0.1, 0.15) is 39.0 Å². The molecule has 0 bridgehead atoms. The first-order chi connectivity index (χ1) is 12.1. The molecular formula is C15H28F3IN4O3S. The van der Waals surface area contributed by atoms with Gasteiger partial charge in [0.15, 0.2) is 5.96 Å². The van der Waals surface area contributed by atoms with Gasteiger partial charge in [-0.1, -0.05) is 0 Å². The summed E-state index contributed by atoms with van der Waals surface area (Å²) in [5, 5.41) is 16.3. The van der Waals surface area contributed by atoms with E-state index in [0.717, 1.165) is 19.3 Å². The second kappa shape index (κ2) is 9.92. The van der Waals surface area contributed by atoms with Crippen LogP contribution in [-0.2, 0) is 10.0 Å². The minimum absolute atomic E-state index is 0. The van der Waals surface area contributed by atoms with Gasteiger partial charge >= 0.3 is 15.5 Å². The van der Waals surface area contributed by atoms with Crippen molar-refractivity contribution < 1.29 is 26.7 Å². The van der Waals surface area contributed by atoms with E-state index >= 15 is 0 Å². The zero-order chi connectivity index (χ0) is 19.4. The molecule has 2 fully saturated rings. The molecule has 0 unspecified atom stereocenters. The number of alkyl halides is 3. The Hall–Kier alpha value is -0.340. The van der Waals surface area contributed by atoms with Crippen LogP contribution in [0.15, 0.2) is 4.99 Å². The Morgan fingerprint density at radius 3 is 2.30 bits per heavy atom. The van der Waals surface area contributed by atoms with E-state index in [1.54, 1.807) is 0 Å². The number of guanidine groups is 1. The average molecular weight is 528 g/mol. The highest BCUT2D eigenvalue weighted by Crippen LogP contribution is 2.32. The summed E-state index contributed by atoms with van der Waals surface area (Å²) in [6.45, 7) is 3.08. The number of aliphatic hydroxyl groups is 1. The maximum atomic E-state index is 12.6. The van der Waals surface area contributed by atoms with E-state index in [0.29, 0.717) is 42.7 Å². The topological polar surface area (TPSA) is 94.0 Å². The number of hydrogen-bond donors (Lipinski definition) is 3. The van der Waals surface area contributed by atoms with Crippen molar-refractivity contribution in [2.75, 3.05) is 32.7 Å². The zero-order valence-electron chi connectivity index (χ0n) is 15.3. The van der Waals surface area contributed by atoms with Gasteiger partial charge < -0.3 is 15.7 Å². The highest BCUT2D eigenvalue weighted by molar-refractivity contribution is 14.0. The lowest BCUT2D eigenvalue weighted by molar-refractivity contribution is -0.0496. The monoisotopic (exact) mass is 528 g/mol. The Bertz CT molecular complexity index is 604. The molecule has 12 heteroatoms. The molecule has 3 N–H and O–H groups in total. The van der Waals surface area contributed by atoms with Gasteiger partial charge in [-0.15, -0.1) is 24.0 Å². The number of sulfonamides is 1. The summed E-state index contributed by atoms with van der Waals surface area (Å²) in [6.07, 6.45) is 3.18. The summed E-state index contributed by atoms with van der Waals surface area (Å²) in [4.78, 5) is 4.37. The van der Waals surface area contributed by atoms with E-state index in [9.17, 15) is 26.7 Å². The number of rotatable bonds is 6. The third-order valence-electron chi connectivity index (χ3n) is 4.92. The third kappa shape index (κ3) is 6.60. The molecule has 1 saturated heterocycles. The van der Waals surface area contributed by atoms with Crippen molar-refractivity contribution in [2.24, 2.45) is 10.9 Å². The summed E-state index contributed by atoms with van der Waals surface area (Å²) < 4.78 is 61.1. The van der Waals surface area contributed by atoms with E-state index in [2.05, 4.69) is 15.6 Å². The first kappa shape index (κ1) is 24.7. The standard InChI is InChI=1S/C15H27F3N4O3S.HI/c1-2-19-13(21-11-14(23)6-3-7-14)20-10-12-4-8-22(9-5-12)26(24,25)15(16,17)18;/h12,23H,2-11H2,1H3,(H2,19,20,21);1H. The Morgan fingerprint density at radius 1 is 1.26 bits per heavy atom. The van der Waals surface area contributed by atoms with E-state index in [1.165, 1.54) is 0 Å². The van der Waals surface area contributed by atoms with Gasteiger partial charge in [-0.05, 0) is 44.9 Å². The van der Waals surface area contributed by atoms with E-state index in [4.69, 9.17) is 0 Å². The molecule has 0 amide bonds. The fraction of sp³-hybridized carbons (Fsp3) is 0.933. The zero-order valence-corrected chi connectivity index (χ0v) is 18.4. The molecule has 2 aliphatic rings. The maximum absolute atomic E-state index is 12.6. The van der Waals surface area contributed by atoms with Crippen molar-refractivity contribution >= 4 is 40.0 Å². The molecule has 7 nitrogen and oxygen atoms in total. The van der Waals surface area contributed by atoms with Crippen LogP contribution in [0, 0.1) is 5.92 Å². The predicted octanol–water partition coefficient (Wildman–Crippen LogP) is 1.64. The largest absolute Gasteiger partial charge is 0.511 e. The molecular weight excluding hydrogens is 500 g/mol. The summed E-state index contributed by atoms with van der Waals surface area (Å²) >= 11 is 0. The van der Waals surface area contributed by atoms with E-state index in [1.807, 2.05) is 6.92 Å². The van der Waals surface area contributed by atoms with Crippen LogP contribution in [0.5, 0.6) is 0 Å². The van der Waals surface area contributed by atoms with Gasteiger partial charge in [-0.25, -0.2) is 8.42 Å². The van der Waals surface area contributed by atoms with Crippen LogP contribution in [0.3, 0.4) is 0 Å². The Morgan fingerprint density at radius 2 is 1.85 bits per heavy atom. The normalized spacial score (nSPS) is 21.9. The van der Waals surface area contributed by atoms with Crippen LogP contribution in [0.4, 0.5) is 13.2 Å². The fourth-order valence-electron chi connectivity index (χ4n) is 3.05. The third-order valence-corrected chi connectivity index (χ3v) is 6.55. The smallest absolute Gasteiger partial charge is 0.388 e. The van der Waals surface area contributed by atoms with Gasteiger partial charge in [0.2, 0.25) is 0 Å². The molecule has 1 aliphatic carbocycles. The van der Waals surface area contributed by atoms with Crippen LogP contribution in [0.25, 0.3) is 0 Å². The molecule has 0 aromatic heterocycles. The lowest BCUT2D eigenvalue weighted by Gasteiger charge is -2.35. The molecule has 27 heavy (non-hydrogen) atoms. The highest BCUT2D eigenvalue weighted by atomic mass is 127. The van der Waals surface area contributed by atoms with Crippen LogP contribution in [0.2, 0.25) is 0 Å². The van der Waals surface area contributed by atoms with Gasteiger partial charge in [0.25, 0.3) is 0 Å². The second-order valence-electron chi connectivity index (χ2n) is 6.95. The van der Waals surface area contributed by atoms with Crippen molar-refractivity contribution in [2.45, 2.75) is 50.1 Å². The number of piperidine rings is 1. The molecule has 0 spiro atoms. The summed E-state index contributed by atoms with van der Waals surface area (Å²) in [5.41, 5.74) is -5.97. The van der Waals surface area contributed by atoms with E-state index < -0.39 is 21.1 Å². The number of nitrogens with zero attached hydrogens (tertiary/aromatic N) is 2.